The Morgan fingerprint density at radius 3 is 2.27 bits per heavy atom. The second kappa shape index (κ2) is 13.4. The third-order valence-electron chi connectivity index (χ3n) is 7.12. The number of unbranched alkanes of at least 4 members (excludes halogenated alkanes) is 5. The van der Waals surface area contributed by atoms with Gasteiger partial charge in [0.15, 0.2) is 0 Å². The highest BCUT2D eigenvalue weighted by Crippen LogP contribution is 2.31. The molecular weight excluding hydrogens is 406 g/mol. The van der Waals surface area contributed by atoms with Crippen LogP contribution in [0.15, 0.2) is 42.6 Å². The average molecular weight is 448 g/mol. The van der Waals surface area contributed by atoms with E-state index < -0.39 is 5.92 Å². The first kappa shape index (κ1) is 25.3. The first-order chi connectivity index (χ1) is 16.1. The van der Waals surface area contributed by atoms with Crippen LogP contribution in [0.2, 0.25) is 0 Å². The summed E-state index contributed by atoms with van der Waals surface area (Å²) in [7, 11) is 0. The van der Waals surface area contributed by atoms with Gasteiger partial charge in [0.25, 0.3) is 0 Å². The lowest BCUT2D eigenvalue weighted by Gasteiger charge is -2.26. The van der Waals surface area contributed by atoms with E-state index in [0.29, 0.717) is 18.8 Å². The maximum Gasteiger partial charge on any atom is 0.147 e. The molecule has 3 heteroatoms. The molecule has 33 heavy (non-hydrogen) atoms. The maximum absolute atomic E-state index is 12.8. The van der Waals surface area contributed by atoms with Gasteiger partial charge in [-0.3, -0.25) is 14.6 Å². The molecule has 1 aliphatic rings. The summed E-state index contributed by atoms with van der Waals surface area (Å²) in [6, 6.07) is 12.4. The molecule has 0 radical (unpaired) electrons. The third kappa shape index (κ3) is 7.91. The molecule has 0 aliphatic heterocycles. The molecule has 1 fully saturated rings. The minimum absolute atomic E-state index is 0.0882. The molecule has 178 valence electrons. The fourth-order valence-electron chi connectivity index (χ4n) is 4.98. The molecule has 3 rings (SSSR count). The summed E-state index contributed by atoms with van der Waals surface area (Å²) >= 11 is 0. The molecular formula is C30H41NO2. The highest BCUT2D eigenvalue weighted by atomic mass is 16.1. The third-order valence-corrected chi connectivity index (χ3v) is 7.12. The van der Waals surface area contributed by atoms with Crippen molar-refractivity contribution in [2.45, 2.75) is 97.3 Å². The maximum atomic E-state index is 12.8. The second-order valence-corrected chi connectivity index (χ2v) is 9.86. The van der Waals surface area contributed by atoms with Crippen molar-refractivity contribution in [3.05, 3.63) is 53.7 Å². The Morgan fingerprint density at radius 1 is 0.879 bits per heavy atom. The standard InChI is InChI=1S/C30H41NO2/c1-3-5-7-9-11-25-15-19-28(31-22-25)26-16-12-24(13-17-26)21-30(33)27-18-14-23(20-29(27)32)10-8-6-4-2/h12-13,15-17,19,22-23,27H,3-11,14,18,20-21H2,1-2H3. The molecule has 2 unspecified atom stereocenters. The van der Waals surface area contributed by atoms with Gasteiger partial charge in [0.05, 0.1) is 11.6 Å². The van der Waals surface area contributed by atoms with Gasteiger partial charge in [-0.1, -0.05) is 89.1 Å². The molecule has 1 saturated carbocycles. The number of aromatic nitrogens is 1. The number of carbonyl (C=O) groups excluding carboxylic acids is 2. The number of rotatable bonds is 13. The molecule has 1 aromatic heterocycles. The zero-order chi connectivity index (χ0) is 23.5. The van der Waals surface area contributed by atoms with E-state index in [-0.39, 0.29) is 11.6 Å². The molecule has 0 N–H and O–H groups in total. The number of pyridine rings is 1. The predicted octanol–water partition coefficient (Wildman–Crippen LogP) is 7.55. The van der Waals surface area contributed by atoms with E-state index in [0.717, 1.165) is 42.5 Å². The number of hydrogen-bond donors (Lipinski definition) is 0. The minimum Gasteiger partial charge on any atom is -0.299 e. The fraction of sp³-hybridized carbons (Fsp3) is 0.567. The lowest BCUT2D eigenvalue weighted by atomic mass is 9.76. The van der Waals surface area contributed by atoms with E-state index in [2.05, 4.69) is 31.0 Å². The van der Waals surface area contributed by atoms with E-state index in [1.165, 1.54) is 50.5 Å². The summed E-state index contributed by atoms with van der Waals surface area (Å²) in [4.78, 5) is 30.1. The summed E-state index contributed by atoms with van der Waals surface area (Å²) in [5.74, 6) is 0.356. The topological polar surface area (TPSA) is 47.0 Å². The van der Waals surface area contributed by atoms with E-state index >= 15 is 0 Å². The number of hydrogen-bond acceptors (Lipinski definition) is 3. The van der Waals surface area contributed by atoms with Gasteiger partial charge >= 0.3 is 0 Å². The van der Waals surface area contributed by atoms with Crippen molar-refractivity contribution < 1.29 is 9.59 Å². The first-order valence-electron chi connectivity index (χ1n) is 13.2. The van der Waals surface area contributed by atoms with Gasteiger partial charge in [0.1, 0.15) is 11.6 Å². The van der Waals surface area contributed by atoms with Crippen LogP contribution in [0, 0.1) is 11.8 Å². The van der Waals surface area contributed by atoms with Gasteiger partial charge in [-0.15, -0.1) is 0 Å². The van der Waals surface area contributed by atoms with Gasteiger partial charge in [0.2, 0.25) is 0 Å². The Labute approximate surface area is 200 Å². The Bertz CT molecular complexity index is 869. The first-order valence-corrected chi connectivity index (χ1v) is 13.2. The van der Waals surface area contributed by atoms with Gasteiger partial charge in [-0.05, 0) is 48.8 Å². The van der Waals surface area contributed by atoms with Crippen molar-refractivity contribution in [1.29, 1.82) is 0 Å². The zero-order valence-corrected chi connectivity index (χ0v) is 20.7. The van der Waals surface area contributed by atoms with Crippen molar-refractivity contribution >= 4 is 11.6 Å². The molecule has 3 nitrogen and oxygen atoms in total. The molecule has 0 bridgehead atoms. The molecule has 0 spiro atoms. The minimum atomic E-state index is -0.390. The number of nitrogens with zero attached hydrogens (tertiary/aromatic N) is 1. The summed E-state index contributed by atoms with van der Waals surface area (Å²) in [5.41, 5.74) is 4.30. The zero-order valence-electron chi connectivity index (χ0n) is 20.7. The van der Waals surface area contributed by atoms with Gasteiger partial charge in [-0.25, -0.2) is 0 Å². The summed E-state index contributed by atoms with van der Waals surface area (Å²) in [5, 5.41) is 0. The Balaban J connectivity index is 1.49. The molecule has 2 atom stereocenters. The highest BCUT2D eigenvalue weighted by Gasteiger charge is 2.32. The van der Waals surface area contributed by atoms with Crippen LogP contribution in [0.3, 0.4) is 0 Å². The lowest BCUT2D eigenvalue weighted by Crippen LogP contribution is -2.32. The molecule has 0 amide bonds. The number of aryl methyl sites for hydroxylation is 1. The lowest BCUT2D eigenvalue weighted by molar-refractivity contribution is -0.135. The van der Waals surface area contributed by atoms with Crippen molar-refractivity contribution in [1.82, 2.24) is 4.98 Å². The smallest absolute Gasteiger partial charge is 0.147 e. The van der Waals surface area contributed by atoms with Crippen molar-refractivity contribution in [2.24, 2.45) is 11.8 Å². The van der Waals surface area contributed by atoms with Gasteiger partial charge in [0, 0.05) is 24.6 Å². The van der Waals surface area contributed by atoms with E-state index in [9.17, 15) is 9.59 Å². The largest absolute Gasteiger partial charge is 0.299 e. The monoisotopic (exact) mass is 447 g/mol. The van der Waals surface area contributed by atoms with Crippen LogP contribution in [0.4, 0.5) is 0 Å². The number of benzene rings is 1. The molecule has 1 heterocycles. The quantitative estimate of drug-likeness (QED) is 0.235. The average Bonchev–Trinajstić information content (AvgIpc) is 2.83. The Morgan fingerprint density at radius 2 is 1.61 bits per heavy atom. The molecule has 2 aromatic rings. The van der Waals surface area contributed by atoms with Crippen LogP contribution in [-0.2, 0) is 22.4 Å². The SMILES string of the molecule is CCCCCCc1ccc(-c2ccc(CC(=O)C3CCC(CCCCC)CC3=O)cc2)nc1. The van der Waals surface area contributed by atoms with Crippen LogP contribution in [-0.4, -0.2) is 16.6 Å². The number of ketones is 2. The molecule has 1 aliphatic carbocycles. The van der Waals surface area contributed by atoms with E-state index in [4.69, 9.17) is 0 Å². The Hall–Kier alpha value is -2.29. The van der Waals surface area contributed by atoms with Crippen LogP contribution in [0.25, 0.3) is 11.3 Å². The van der Waals surface area contributed by atoms with Crippen LogP contribution < -0.4 is 0 Å². The summed E-state index contributed by atoms with van der Waals surface area (Å²) in [6.45, 7) is 4.44. The van der Waals surface area contributed by atoms with E-state index in [1.54, 1.807) is 0 Å². The highest BCUT2D eigenvalue weighted by molar-refractivity contribution is 6.03. The van der Waals surface area contributed by atoms with Crippen molar-refractivity contribution in [2.75, 3.05) is 0 Å². The Kier molecular flexibility index (Phi) is 10.3. The van der Waals surface area contributed by atoms with E-state index in [1.807, 2.05) is 30.5 Å². The summed E-state index contributed by atoms with van der Waals surface area (Å²) in [6.07, 6.45) is 15.6. The van der Waals surface area contributed by atoms with Crippen LogP contribution in [0.5, 0.6) is 0 Å². The van der Waals surface area contributed by atoms with Gasteiger partial charge < -0.3 is 0 Å². The second-order valence-electron chi connectivity index (χ2n) is 9.86. The van der Waals surface area contributed by atoms with Gasteiger partial charge in [-0.2, -0.15) is 0 Å². The fourth-order valence-corrected chi connectivity index (χ4v) is 4.98. The summed E-state index contributed by atoms with van der Waals surface area (Å²) < 4.78 is 0. The van der Waals surface area contributed by atoms with Crippen LogP contribution in [0.1, 0.15) is 95.6 Å². The van der Waals surface area contributed by atoms with Crippen molar-refractivity contribution in [3.8, 4) is 11.3 Å². The van der Waals surface area contributed by atoms with Crippen molar-refractivity contribution in [3.63, 3.8) is 0 Å². The molecule has 0 saturated heterocycles. The normalized spacial score (nSPS) is 18.4. The number of carbonyl (C=O) groups is 2. The number of Topliss-reactive ketones (excluding diaryl/α,β-unsaturated/α-hetero) is 2. The predicted molar refractivity (Wildman–Crippen MR) is 136 cm³/mol. The molecule has 1 aromatic carbocycles. The van der Waals surface area contributed by atoms with Crippen LogP contribution >= 0.6 is 0 Å².